The summed E-state index contributed by atoms with van der Waals surface area (Å²) < 4.78 is 0. The maximum absolute atomic E-state index is 11.0. The first kappa shape index (κ1) is 15.3. The van der Waals surface area contributed by atoms with Crippen LogP contribution in [0.3, 0.4) is 0 Å². The number of nitrogens with zero attached hydrogens (tertiary/aromatic N) is 1. The molecule has 0 aliphatic rings. The summed E-state index contributed by atoms with van der Waals surface area (Å²) in [6.07, 6.45) is 0. The summed E-state index contributed by atoms with van der Waals surface area (Å²) in [5.74, 6) is -1.11. The van der Waals surface area contributed by atoms with Gasteiger partial charge >= 0.3 is 5.97 Å². The van der Waals surface area contributed by atoms with Gasteiger partial charge in [0.25, 0.3) is 5.69 Å². The molecular formula is C14H10ClNO4S. The summed E-state index contributed by atoms with van der Waals surface area (Å²) in [6.45, 7) is 1.66. The van der Waals surface area contributed by atoms with Crippen LogP contribution in [0.5, 0.6) is 0 Å². The highest BCUT2D eigenvalue weighted by molar-refractivity contribution is 7.99. The van der Waals surface area contributed by atoms with Crippen molar-refractivity contribution in [2.45, 2.75) is 16.7 Å². The molecule has 7 heteroatoms. The van der Waals surface area contributed by atoms with Crippen molar-refractivity contribution in [2.24, 2.45) is 0 Å². The number of nitro benzene ring substituents is 1. The number of nitro groups is 1. The maximum atomic E-state index is 11.0. The first-order valence-electron chi connectivity index (χ1n) is 5.84. The summed E-state index contributed by atoms with van der Waals surface area (Å²) in [5.41, 5.74) is 0.613. The topological polar surface area (TPSA) is 80.4 Å². The fraction of sp³-hybridized carbons (Fsp3) is 0.0714. The van der Waals surface area contributed by atoms with Crippen LogP contribution < -0.4 is 0 Å². The van der Waals surface area contributed by atoms with Crippen LogP contribution in [-0.2, 0) is 0 Å². The fourth-order valence-corrected chi connectivity index (χ4v) is 2.81. The van der Waals surface area contributed by atoms with Crippen LogP contribution in [0.1, 0.15) is 15.9 Å². The van der Waals surface area contributed by atoms with E-state index in [1.54, 1.807) is 25.1 Å². The zero-order valence-electron chi connectivity index (χ0n) is 10.9. The minimum absolute atomic E-state index is 0.00304. The second kappa shape index (κ2) is 6.15. The molecule has 2 rings (SSSR count). The monoisotopic (exact) mass is 323 g/mol. The number of rotatable bonds is 4. The number of aryl methyl sites for hydroxylation is 1. The van der Waals surface area contributed by atoms with Gasteiger partial charge in [0.1, 0.15) is 0 Å². The van der Waals surface area contributed by atoms with E-state index in [0.717, 1.165) is 0 Å². The number of aromatic carboxylic acids is 1. The van der Waals surface area contributed by atoms with E-state index in [4.69, 9.17) is 16.7 Å². The van der Waals surface area contributed by atoms with Crippen LogP contribution in [0.4, 0.5) is 5.69 Å². The molecule has 0 atom stereocenters. The van der Waals surface area contributed by atoms with E-state index in [1.165, 1.54) is 30.0 Å². The Balaban J connectivity index is 2.34. The molecule has 0 aromatic heterocycles. The van der Waals surface area contributed by atoms with Crippen LogP contribution in [-0.4, -0.2) is 16.0 Å². The van der Waals surface area contributed by atoms with Gasteiger partial charge in [-0.3, -0.25) is 10.1 Å². The Morgan fingerprint density at radius 1 is 1.24 bits per heavy atom. The highest BCUT2D eigenvalue weighted by Gasteiger charge is 2.13. The van der Waals surface area contributed by atoms with Crippen molar-refractivity contribution < 1.29 is 14.8 Å². The molecule has 0 aliphatic carbocycles. The lowest BCUT2D eigenvalue weighted by atomic mass is 10.2. The Kier molecular flexibility index (Phi) is 4.50. The summed E-state index contributed by atoms with van der Waals surface area (Å²) in [6, 6.07) is 9.49. The maximum Gasteiger partial charge on any atom is 0.337 e. The van der Waals surface area contributed by atoms with Gasteiger partial charge in [-0.15, -0.1) is 0 Å². The quantitative estimate of drug-likeness (QED) is 0.666. The normalized spacial score (nSPS) is 10.4. The van der Waals surface area contributed by atoms with E-state index >= 15 is 0 Å². The molecule has 0 aliphatic heterocycles. The second-order valence-corrected chi connectivity index (χ2v) is 5.81. The van der Waals surface area contributed by atoms with E-state index in [1.807, 2.05) is 0 Å². The molecule has 0 saturated carbocycles. The lowest BCUT2D eigenvalue weighted by Gasteiger charge is -2.05. The molecule has 0 spiro atoms. The molecule has 0 fully saturated rings. The van der Waals surface area contributed by atoms with Gasteiger partial charge in [0.05, 0.1) is 15.5 Å². The Labute approximate surface area is 129 Å². The number of halogens is 1. The van der Waals surface area contributed by atoms with Crippen LogP contribution in [0.25, 0.3) is 0 Å². The van der Waals surface area contributed by atoms with Crippen molar-refractivity contribution >= 4 is 35.0 Å². The smallest absolute Gasteiger partial charge is 0.337 e. The zero-order chi connectivity index (χ0) is 15.6. The largest absolute Gasteiger partial charge is 0.478 e. The predicted molar refractivity (Wildman–Crippen MR) is 80.4 cm³/mol. The first-order valence-corrected chi connectivity index (χ1v) is 7.03. The summed E-state index contributed by atoms with van der Waals surface area (Å²) in [5, 5.41) is 20.1. The third-order valence-electron chi connectivity index (χ3n) is 2.78. The molecule has 2 aromatic rings. The van der Waals surface area contributed by atoms with Gasteiger partial charge in [-0.25, -0.2) is 4.79 Å². The van der Waals surface area contributed by atoms with Gasteiger partial charge in [0.2, 0.25) is 0 Å². The first-order chi connectivity index (χ1) is 9.88. The molecule has 1 N–H and O–H groups in total. The highest BCUT2D eigenvalue weighted by Crippen LogP contribution is 2.33. The number of carboxylic acid groups (broad SMARTS) is 1. The van der Waals surface area contributed by atoms with Crippen LogP contribution in [0, 0.1) is 17.0 Å². The number of benzene rings is 2. The third-order valence-corrected chi connectivity index (χ3v) is 4.09. The van der Waals surface area contributed by atoms with Crippen molar-refractivity contribution in [3.8, 4) is 0 Å². The summed E-state index contributed by atoms with van der Waals surface area (Å²) in [7, 11) is 0. The van der Waals surface area contributed by atoms with Gasteiger partial charge < -0.3 is 5.11 Å². The molecule has 0 saturated heterocycles. The molecule has 0 amide bonds. The lowest BCUT2D eigenvalue weighted by Crippen LogP contribution is -1.97. The van der Waals surface area contributed by atoms with Crippen LogP contribution >= 0.6 is 23.4 Å². The molecule has 0 unspecified atom stereocenters. The van der Waals surface area contributed by atoms with Crippen LogP contribution in [0.15, 0.2) is 46.2 Å². The predicted octanol–water partition coefficient (Wildman–Crippen LogP) is 4.41. The van der Waals surface area contributed by atoms with E-state index < -0.39 is 10.9 Å². The number of hydrogen-bond acceptors (Lipinski definition) is 4. The standard InChI is InChI=1S/C14H10ClNO4S/c1-8-2-3-10(7-13(8)16(19)20)21-9-4-5-12(15)11(6-9)14(17)18/h2-7H,1H3,(H,17,18). The molecular weight excluding hydrogens is 314 g/mol. The summed E-state index contributed by atoms with van der Waals surface area (Å²) >= 11 is 7.04. The van der Waals surface area contributed by atoms with Crippen molar-refractivity contribution in [3.05, 3.63) is 62.7 Å². The number of carbonyl (C=O) groups is 1. The Bertz CT molecular complexity index is 671. The molecule has 21 heavy (non-hydrogen) atoms. The highest BCUT2D eigenvalue weighted by atomic mass is 35.5. The molecule has 0 radical (unpaired) electrons. The minimum atomic E-state index is -1.11. The Morgan fingerprint density at radius 3 is 2.48 bits per heavy atom. The van der Waals surface area contributed by atoms with Crippen LogP contribution in [0.2, 0.25) is 5.02 Å². The molecule has 2 aromatic carbocycles. The zero-order valence-corrected chi connectivity index (χ0v) is 12.4. The fourth-order valence-electron chi connectivity index (χ4n) is 1.72. The average molecular weight is 324 g/mol. The number of hydrogen-bond donors (Lipinski definition) is 1. The Morgan fingerprint density at radius 2 is 1.86 bits per heavy atom. The van der Waals surface area contributed by atoms with E-state index in [-0.39, 0.29) is 16.3 Å². The van der Waals surface area contributed by atoms with E-state index in [9.17, 15) is 14.9 Å². The SMILES string of the molecule is Cc1ccc(Sc2ccc(Cl)c(C(=O)O)c2)cc1[N+](=O)[O-]. The third kappa shape index (κ3) is 3.53. The average Bonchev–Trinajstić information content (AvgIpc) is 2.42. The van der Waals surface area contributed by atoms with Gasteiger partial charge in [0, 0.05) is 21.4 Å². The second-order valence-electron chi connectivity index (χ2n) is 4.25. The summed E-state index contributed by atoms with van der Waals surface area (Å²) in [4.78, 5) is 22.8. The van der Waals surface area contributed by atoms with E-state index in [0.29, 0.717) is 15.4 Å². The van der Waals surface area contributed by atoms with Crippen molar-refractivity contribution in [2.75, 3.05) is 0 Å². The molecule has 5 nitrogen and oxygen atoms in total. The molecule has 108 valence electrons. The van der Waals surface area contributed by atoms with Gasteiger partial charge in [-0.05, 0) is 31.2 Å². The molecule has 0 heterocycles. The Hall–Kier alpha value is -2.05. The van der Waals surface area contributed by atoms with Crippen molar-refractivity contribution in [1.82, 2.24) is 0 Å². The minimum Gasteiger partial charge on any atom is -0.478 e. The van der Waals surface area contributed by atoms with E-state index in [2.05, 4.69) is 0 Å². The van der Waals surface area contributed by atoms with Crippen molar-refractivity contribution in [3.63, 3.8) is 0 Å². The van der Waals surface area contributed by atoms with Crippen molar-refractivity contribution in [1.29, 1.82) is 0 Å². The molecule has 0 bridgehead atoms. The van der Waals surface area contributed by atoms with Gasteiger partial charge in [-0.2, -0.15) is 0 Å². The van der Waals surface area contributed by atoms with Gasteiger partial charge in [-0.1, -0.05) is 29.4 Å². The lowest BCUT2D eigenvalue weighted by molar-refractivity contribution is -0.385. The van der Waals surface area contributed by atoms with Gasteiger partial charge in [0.15, 0.2) is 0 Å². The number of carboxylic acids is 1.